The van der Waals surface area contributed by atoms with Gasteiger partial charge in [-0.2, -0.15) is 0 Å². The third-order valence-electron chi connectivity index (χ3n) is 4.24. The van der Waals surface area contributed by atoms with Crippen LogP contribution in [-0.4, -0.2) is 39.2 Å². The first-order valence-electron chi connectivity index (χ1n) is 7.69. The largest absolute Gasteiger partial charge is 0.469 e. The number of guanidine groups is 1. The molecule has 0 radical (unpaired) electrons. The summed E-state index contributed by atoms with van der Waals surface area (Å²) in [6, 6.07) is 10.6. The molecular formula is C17H25N3O2. The van der Waals surface area contributed by atoms with E-state index >= 15 is 0 Å². The fourth-order valence-electron chi connectivity index (χ4n) is 2.52. The second kappa shape index (κ2) is 7.29. The van der Waals surface area contributed by atoms with Gasteiger partial charge in [-0.1, -0.05) is 37.3 Å². The van der Waals surface area contributed by atoms with Crippen LogP contribution in [0.15, 0.2) is 35.3 Å². The van der Waals surface area contributed by atoms with E-state index in [9.17, 15) is 4.79 Å². The van der Waals surface area contributed by atoms with Crippen LogP contribution in [-0.2, 0) is 14.9 Å². The molecule has 1 aliphatic rings. The SMILES string of the molecule is CN=C(NCC(C)C(=O)OC)NCC1(c2ccccc2)CC1. The van der Waals surface area contributed by atoms with Crippen molar-refractivity contribution in [1.82, 2.24) is 10.6 Å². The molecule has 0 amide bonds. The Morgan fingerprint density at radius 2 is 2.00 bits per heavy atom. The zero-order valence-electron chi connectivity index (χ0n) is 13.6. The number of ether oxygens (including phenoxy) is 1. The van der Waals surface area contributed by atoms with Gasteiger partial charge in [-0.3, -0.25) is 9.79 Å². The Kier molecular flexibility index (Phi) is 5.41. The van der Waals surface area contributed by atoms with E-state index in [1.165, 1.54) is 25.5 Å². The van der Waals surface area contributed by atoms with Crippen molar-refractivity contribution in [2.45, 2.75) is 25.2 Å². The van der Waals surface area contributed by atoms with Gasteiger partial charge in [-0.25, -0.2) is 0 Å². The second-order valence-corrected chi connectivity index (χ2v) is 5.88. The highest BCUT2D eigenvalue weighted by Crippen LogP contribution is 2.47. The maximum atomic E-state index is 11.4. The van der Waals surface area contributed by atoms with Crippen molar-refractivity contribution in [3.05, 3.63) is 35.9 Å². The Labute approximate surface area is 132 Å². The second-order valence-electron chi connectivity index (χ2n) is 5.88. The number of carbonyl (C=O) groups excluding carboxylic acids is 1. The van der Waals surface area contributed by atoms with Crippen molar-refractivity contribution < 1.29 is 9.53 Å². The minimum absolute atomic E-state index is 0.201. The normalized spacial score (nSPS) is 17.5. The van der Waals surface area contributed by atoms with E-state index in [4.69, 9.17) is 4.74 Å². The predicted octanol–water partition coefficient (Wildman–Crippen LogP) is 1.69. The first-order chi connectivity index (χ1) is 10.6. The van der Waals surface area contributed by atoms with E-state index in [0.29, 0.717) is 6.54 Å². The molecule has 1 aromatic rings. The monoisotopic (exact) mass is 303 g/mol. The molecule has 5 heteroatoms. The third kappa shape index (κ3) is 4.00. The lowest BCUT2D eigenvalue weighted by Gasteiger charge is -2.20. The predicted molar refractivity (Wildman–Crippen MR) is 87.9 cm³/mol. The number of aliphatic imine (C=N–C) groups is 1. The van der Waals surface area contributed by atoms with Crippen LogP contribution < -0.4 is 10.6 Å². The average molecular weight is 303 g/mol. The summed E-state index contributed by atoms with van der Waals surface area (Å²) in [4.78, 5) is 15.6. The van der Waals surface area contributed by atoms with Gasteiger partial charge in [0.25, 0.3) is 0 Å². The molecule has 0 bridgehead atoms. The van der Waals surface area contributed by atoms with Crippen LogP contribution in [0.1, 0.15) is 25.3 Å². The van der Waals surface area contributed by atoms with Gasteiger partial charge in [0, 0.05) is 25.6 Å². The topological polar surface area (TPSA) is 62.7 Å². The molecule has 0 aliphatic heterocycles. The molecule has 0 saturated heterocycles. The van der Waals surface area contributed by atoms with Crippen LogP contribution in [0.25, 0.3) is 0 Å². The van der Waals surface area contributed by atoms with Gasteiger partial charge in [-0.05, 0) is 18.4 Å². The molecule has 0 aromatic heterocycles. The fourth-order valence-corrected chi connectivity index (χ4v) is 2.52. The molecule has 1 aromatic carbocycles. The maximum absolute atomic E-state index is 11.4. The molecule has 2 rings (SSSR count). The molecule has 120 valence electrons. The van der Waals surface area contributed by atoms with Crippen molar-refractivity contribution >= 4 is 11.9 Å². The molecular weight excluding hydrogens is 278 g/mol. The molecule has 1 saturated carbocycles. The van der Waals surface area contributed by atoms with Crippen LogP contribution in [0.4, 0.5) is 0 Å². The number of rotatable bonds is 6. The summed E-state index contributed by atoms with van der Waals surface area (Å²) in [6.45, 7) is 3.19. The van der Waals surface area contributed by atoms with Gasteiger partial charge in [0.2, 0.25) is 0 Å². The summed E-state index contributed by atoms with van der Waals surface area (Å²) < 4.78 is 4.72. The molecule has 5 nitrogen and oxygen atoms in total. The molecule has 1 atom stereocenters. The number of esters is 1. The highest BCUT2D eigenvalue weighted by atomic mass is 16.5. The number of nitrogens with one attached hydrogen (secondary N) is 2. The molecule has 1 aliphatic carbocycles. The van der Waals surface area contributed by atoms with E-state index in [1.54, 1.807) is 7.05 Å². The maximum Gasteiger partial charge on any atom is 0.310 e. The quantitative estimate of drug-likeness (QED) is 0.477. The van der Waals surface area contributed by atoms with Crippen molar-refractivity contribution in [3.8, 4) is 0 Å². The van der Waals surface area contributed by atoms with Crippen molar-refractivity contribution in [2.75, 3.05) is 27.2 Å². The van der Waals surface area contributed by atoms with Crippen LogP contribution in [0.5, 0.6) is 0 Å². The van der Waals surface area contributed by atoms with Crippen molar-refractivity contribution in [1.29, 1.82) is 0 Å². The average Bonchev–Trinajstić information content (AvgIpc) is 3.36. The Hall–Kier alpha value is -2.04. The summed E-state index contributed by atoms with van der Waals surface area (Å²) in [5, 5.41) is 6.54. The van der Waals surface area contributed by atoms with Gasteiger partial charge < -0.3 is 15.4 Å². The van der Waals surface area contributed by atoms with Crippen LogP contribution in [0.2, 0.25) is 0 Å². The molecule has 1 fully saturated rings. The Bertz CT molecular complexity index is 524. The van der Waals surface area contributed by atoms with E-state index in [1.807, 2.05) is 13.0 Å². The highest BCUT2D eigenvalue weighted by Gasteiger charge is 2.43. The van der Waals surface area contributed by atoms with Gasteiger partial charge >= 0.3 is 5.97 Å². The number of hydrogen-bond acceptors (Lipinski definition) is 3. The minimum Gasteiger partial charge on any atom is -0.469 e. The van der Waals surface area contributed by atoms with E-state index < -0.39 is 0 Å². The first-order valence-corrected chi connectivity index (χ1v) is 7.69. The Morgan fingerprint density at radius 3 is 2.55 bits per heavy atom. The minimum atomic E-state index is -0.217. The zero-order valence-corrected chi connectivity index (χ0v) is 13.6. The van der Waals surface area contributed by atoms with Gasteiger partial charge in [0.15, 0.2) is 5.96 Å². The number of carbonyl (C=O) groups is 1. The lowest BCUT2D eigenvalue weighted by molar-refractivity contribution is -0.144. The Morgan fingerprint density at radius 1 is 1.32 bits per heavy atom. The molecule has 0 heterocycles. The van der Waals surface area contributed by atoms with E-state index in [-0.39, 0.29) is 17.3 Å². The summed E-state index contributed by atoms with van der Waals surface area (Å²) in [7, 11) is 3.14. The molecule has 0 spiro atoms. The van der Waals surface area contributed by atoms with Crippen LogP contribution in [0, 0.1) is 5.92 Å². The number of methoxy groups -OCH3 is 1. The third-order valence-corrected chi connectivity index (χ3v) is 4.24. The van der Waals surface area contributed by atoms with Crippen molar-refractivity contribution in [2.24, 2.45) is 10.9 Å². The summed E-state index contributed by atoms with van der Waals surface area (Å²) in [5.41, 5.74) is 1.60. The number of benzene rings is 1. The molecule has 22 heavy (non-hydrogen) atoms. The van der Waals surface area contributed by atoms with Gasteiger partial charge in [0.1, 0.15) is 0 Å². The smallest absolute Gasteiger partial charge is 0.310 e. The lowest BCUT2D eigenvalue weighted by Crippen LogP contribution is -2.43. The number of nitrogens with zero attached hydrogens (tertiary/aromatic N) is 1. The first kappa shape index (κ1) is 16.3. The highest BCUT2D eigenvalue weighted by molar-refractivity contribution is 5.80. The fraction of sp³-hybridized carbons (Fsp3) is 0.529. The Balaban J connectivity index is 1.83. The number of hydrogen-bond donors (Lipinski definition) is 2. The van der Waals surface area contributed by atoms with E-state index in [2.05, 4.69) is 39.9 Å². The summed E-state index contributed by atoms with van der Waals surface area (Å²) in [5.74, 6) is 0.302. The zero-order chi connectivity index (χ0) is 16.0. The van der Waals surface area contributed by atoms with Crippen LogP contribution >= 0.6 is 0 Å². The summed E-state index contributed by atoms with van der Waals surface area (Å²) in [6.07, 6.45) is 2.39. The summed E-state index contributed by atoms with van der Waals surface area (Å²) >= 11 is 0. The van der Waals surface area contributed by atoms with Crippen LogP contribution in [0.3, 0.4) is 0 Å². The van der Waals surface area contributed by atoms with Gasteiger partial charge in [-0.15, -0.1) is 0 Å². The molecule has 1 unspecified atom stereocenters. The standard InChI is InChI=1S/C17H25N3O2/c1-13(15(21)22-3)11-19-16(18-2)20-12-17(9-10-17)14-7-5-4-6-8-14/h4-8,13H,9-12H2,1-3H3,(H2,18,19,20). The molecule has 2 N–H and O–H groups in total. The van der Waals surface area contributed by atoms with Crippen molar-refractivity contribution in [3.63, 3.8) is 0 Å². The lowest BCUT2D eigenvalue weighted by atomic mass is 9.96. The van der Waals surface area contributed by atoms with E-state index in [0.717, 1.165) is 12.5 Å². The van der Waals surface area contributed by atoms with Gasteiger partial charge in [0.05, 0.1) is 13.0 Å².